The second-order valence-corrected chi connectivity index (χ2v) is 10.00. The van der Waals surface area contributed by atoms with Crippen LogP contribution in [0.1, 0.15) is 38.1 Å². The van der Waals surface area contributed by atoms with Gasteiger partial charge >= 0.3 is 0 Å². The zero-order chi connectivity index (χ0) is 22.2. The Morgan fingerprint density at radius 3 is 2.48 bits per heavy atom. The highest BCUT2D eigenvalue weighted by Crippen LogP contribution is 2.68. The second kappa shape index (κ2) is 8.20. The minimum atomic E-state index is -0.308. The number of hydrogen-bond acceptors (Lipinski definition) is 5. The van der Waals surface area contributed by atoms with Crippen molar-refractivity contribution in [1.82, 2.24) is 19.5 Å². The average molecular weight is 457 g/mol. The topological polar surface area (TPSA) is 69.0 Å². The number of carbonyl (C=O) groups excluding carboxylic acids is 1. The quantitative estimate of drug-likeness (QED) is 0.379. The van der Waals surface area contributed by atoms with Gasteiger partial charge in [-0.1, -0.05) is 57.5 Å². The summed E-state index contributed by atoms with van der Waals surface area (Å²) in [5, 5.41) is 4.55. The van der Waals surface area contributed by atoms with Gasteiger partial charge in [-0.3, -0.25) is 9.52 Å². The molecular formula is C23H25ClN4O2S. The van der Waals surface area contributed by atoms with Crippen LogP contribution in [0.25, 0.3) is 5.82 Å². The highest BCUT2D eigenvalue weighted by molar-refractivity contribution is 7.98. The van der Waals surface area contributed by atoms with Gasteiger partial charge < -0.3 is 4.74 Å². The Morgan fingerprint density at radius 1 is 1.13 bits per heavy atom. The van der Waals surface area contributed by atoms with E-state index >= 15 is 0 Å². The second-order valence-electron chi connectivity index (χ2n) is 8.76. The van der Waals surface area contributed by atoms with Gasteiger partial charge in [0.1, 0.15) is 5.15 Å². The number of aromatic nitrogens is 3. The van der Waals surface area contributed by atoms with E-state index in [1.807, 2.05) is 30.3 Å². The molecule has 1 amide bonds. The van der Waals surface area contributed by atoms with Crippen molar-refractivity contribution >= 4 is 29.5 Å². The third kappa shape index (κ3) is 4.29. The first kappa shape index (κ1) is 21.7. The molecule has 0 aliphatic heterocycles. The molecule has 0 spiro atoms. The van der Waals surface area contributed by atoms with E-state index in [0.717, 1.165) is 4.90 Å². The van der Waals surface area contributed by atoms with E-state index < -0.39 is 0 Å². The maximum absolute atomic E-state index is 12.5. The molecular weight excluding hydrogens is 432 g/mol. The van der Waals surface area contributed by atoms with Gasteiger partial charge in [0.25, 0.3) is 5.91 Å². The van der Waals surface area contributed by atoms with E-state index in [9.17, 15) is 4.79 Å². The molecule has 31 heavy (non-hydrogen) atoms. The van der Waals surface area contributed by atoms with Gasteiger partial charge in [0, 0.05) is 23.1 Å². The Hall–Kier alpha value is -2.51. The lowest BCUT2D eigenvalue weighted by molar-refractivity contribution is 0.0984. The summed E-state index contributed by atoms with van der Waals surface area (Å²) in [4.78, 5) is 17.7. The SMILES string of the molecule is CC1(C)C(COc2ccn(-c3ccc(C(=O)NSc4ccccc4)c(Cl)n3)n2)C1(C)C. The third-order valence-corrected chi connectivity index (χ3v) is 7.68. The fourth-order valence-electron chi connectivity index (χ4n) is 3.80. The number of pyridine rings is 1. The summed E-state index contributed by atoms with van der Waals surface area (Å²) in [5.74, 6) is 1.23. The molecule has 0 atom stereocenters. The number of hydrogen-bond donors (Lipinski definition) is 1. The summed E-state index contributed by atoms with van der Waals surface area (Å²) in [5.41, 5.74) is 0.829. The van der Waals surface area contributed by atoms with Crippen molar-refractivity contribution in [2.45, 2.75) is 32.6 Å². The smallest absolute Gasteiger partial charge is 0.264 e. The third-order valence-electron chi connectivity index (χ3n) is 6.60. The largest absolute Gasteiger partial charge is 0.476 e. The standard InChI is InChI=1S/C23H25ClN4O2S/c1-22(2)17(23(22,3)4)14-30-19-12-13-28(26-19)18-11-10-16(20(24)25-18)21(29)27-31-15-8-6-5-7-9-15/h5-13,17H,14H2,1-4H3,(H,27,29). The van der Waals surface area contributed by atoms with Crippen molar-refractivity contribution in [2.75, 3.05) is 6.61 Å². The maximum atomic E-state index is 12.5. The highest BCUT2D eigenvalue weighted by Gasteiger charge is 2.64. The van der Waals surface area contributed by atoms with E-state index in [1.54, 1.807) is 29.1 Å². The Bertz CT molecular complexity index is 1080. The fraction of sp³-hybridized carbons (Fsp3) is 0.348. The molecule has 8 heteroatoms. The molecule has 0 radical (unpaired) electrons. The van der Waals surface area contributed by atoms with Crippen LogP contribution >= 0.6 is 23.5 Å². The predicted octanol–water partition coefficient (Wildman–Crippen LogP) is 5.42. The number of benzene rings is 1. The summed E-state index contributed by atoms with van der Waals surface area (Å²) < 4.78 is 10.3. The zero-order valence-corrected chi connectivity index (χ0v) is 19.5. The fourth-order valence-corrected chi connectivity index (χ4v) is 4.65. The molecule has 4 rings (SSSR count). The first-order chi connectivity index (χ1) is 14.7. The Balaban J connectivity index is 1.38. The van der Waals surface area contributed by atoms with Crippen molar-refractivity contribution in [3.05, 3.63) is 65.4 Å². The monoisotopic (exact) mass is 456 g/mol. The van der Waals surface area contributed by atoms with Crippen LogP contribution in [0.5, 0.6) is 5.88 Å². The summed E-state index contributed by atoms with van der Waals surface area (Å²) in [6, 6.07) is 14.7. The number of halogens is 1. The minimum absolute atomic E-state index is 0.114. The number of nitrogens with one attached hydrogen (secondary N) is 1. The molecule has 3 aromatic rings. The molecule has 1 aliphatic carbocycles. The zero-order valence-electron chi connectivity index (χ0n) is 17.9. The summed E-state index contributed by atoms with van der Waals surface area (Å²) in [6.07, 6.45) is 1.77. The van der Waals surface area contributed by atoms with Gasteiger partial charge in [0.15, 0.2) is 5.82 Å². The summed E-state index contributed by atoms with van der Waals surface area (Å²) >= 11 is 7.51. The maximum Gasteiger partial charge on any atom is 0.264 e. The molecule has 6 nitrogen and oxygen atoms in total. The number of nitrogens with zero attached hydrogens (tertiary/aromatic N) is 3. The Labute approximate surface area is 191 Å². The molecule has 1 aliphatic rings. The molecule has 2 aromatic heterocycles. The van der Waals surface area contributed by atoms with E-state index in [4.69, 9.17) is 16.3 Å². The number of carbonyl (C=O) groups is 1. The Kier molecular flexibility index (Phi) is 5.75. The lowest BCUT2D eigenvalue weighted by Gasteiger charge is -2.07. The van der Waals surface area contributed by atoms with Crippen LogP contribution in [0, 0.1) is 16.7 Å². The predicted molar refractivity (Wildman–Crippen MR) is 123 cm³/mol. The van der Waals surface area contributed by atoms with E-state index in [2.05, 4.69) is 42.5 Å². The van der Waals surface area contributed by atoms with Gasteiger partial charge in [0.2, 0.25) is 5.88 Å². The lowest BCUT2D eigenvalue weighted by Crippen LogP contribution is -2.17. The van der Waals surface area contributed by atoms with Crippen molar-refractivity contribution in [3.63, 3.8) is 0 Å². The van der Waals surface area contributed by atoms with Gasteiger partial charge in [0.05, 0.1) is 12.2 Å². The Morgan fingerprint density at radius 2 is 1.84 bits per heavy atom. The molecule has 1 fully saturated rings. The normalized spacial score (nSPS) is 16.7. The van der Waals surface area contributed by atoms with Crippen molar-refractivity contribution < 1.29 is 9.53 Å². The van der Waals surface area contributed by atoms with Crippen LogP contribution in [0.4, 0.5) is 0 Å². The van der Waals surface area contributed by atoms with E-state index in [1.165, 1.54) is 11.9 Å². The molecule has 1 N–H and O–H groups in total. The number of rotatable bonds is 7. The van der Waals surface area contributed by atoms with Gasteiger partial charge in [-0.25, -0.2) is 9.67 Å². The first-order valence-corrected chi connectivity index (χ1v) is 11.3. The lowest BCUT2D eigenvalue weighted by atomic mass is 10.0. The summed E-state index contributed by atoms with van der Waals surface area (Å²) in [6.45, 7) is 9.69. The van der Waals surface area contributed by atoms with E-state index in [0.29, 0.717) is 29.8 Å². The molecule has 1 aromatic carbocycles. The van der Waals surface area contributed by atoms with Crippen LogP contribution < -0.4 is 9.46 Å². The minimum Gasteiger partial charge on any atom is -0.476 e. The van der Waals surface area contributed by atoms with Crippen LogP contribution in [0.15, 0.2) is 59.6 Å². The summed E-state index contributed by atoms with van der Waals surface area (Å²) in [7, 11) is 0. The van der Waals surface area contributed by atoms with Crippen LogP contribution in [-0.2, 0) is 0 Å². The van der Waals surface area contributed by atoms with Crippen LogP contribution in [-0.4, -0.2) is 27.3 Å². The average Bonchev–Trinajstić information content (AvgIpc) is 3.06. The van der Waals surface area contributed by atoms with Crippen molar-refractivity contribution in [1.29, 1.82) is 0 Å². The van der Waals surface area contributed by atoms with Crippen molar-refractivity contribution in [3.8, 4) is 11.7 Å². The molecule has 2 heterocycles. The van der Waals surface area contributed by atoms with Crippen molar-refractivity contribution in [2.24, 2.45) is 16.7 Å². The molecule has 0 saturated heterocycles. The highest BCUT2D eigenvalue weighted by atomic mass is 35.5. The molecule has 0 unspecified atom stereocenters. The van der Waals surface area contributed by atoms with Gasteiger partial charge in [-0.2, -0.15) is 0 Å². The van der Waals surface area contributed by atoms with Gasteiger partial charge in [-0.05, 0) is 47.0 Å². The molecule has 162 valence electrons. The number of amides is 1. The van der Waals surface area contributed by atoms with E-state index in [-0.39, 0.29) is 21.9 Å². The van der Waals surface area contributed by atoms with Gasteiger partial charge in [-0.15, -0.1) is 5.10 Å². The molecule has 1 saturated carbocycles. The first-order valence-electron chi connectivity index (χ1n) is 10.1. The number of ether oxygens (including phenoxy) is 1. The van der Waals surface area contributed by atoms with Crippen LogP contribution in [0.2, 0.25) is 5.15 Å². The van der Waals surface area contributed by atoms with Crippen LogP contribution in [0.3, 0.4) is 0 Å². The molecule has 0 bridgehead atoms.